The standard InChI is InChI=1S/C7H11Cl3O2/c1-12-7(11)3-2-5(9)6(10)4-8/h5-6H,2-4H2,1H3. The minimum atomic E-state index is -0.294. The van der Waals surface area contributed by atoms with Gasteiger partial charge in [0.25, 0.3) is 0 Å². The second-order valence-corrected chi connectivity index (χ2v) is 3.73. The first-order valence-corrected chi connectivity index (χ1v) is 4.93. The lowest BCUT2D eigenvalue weighted by Crippen LogP contribution is -2.18. The van der Waals surface area contributed by atoms with Crippen LogP contribution >= 0.6 is 34.8 Å². The summed E-state index contributed by atoms with van der Waals surface area (Å²) >= 11 is 17.0. The Bertz CT molecular complexity index is 141. The molecule has 0 aliphatic carbocycles. The van der Waals surface area contributed by atoms with Crippen molar-refractivity contribution in [3.63, 3.8) is 0 Å². The van der Waals surface area contributed by atoms with Gasteiger partial charge in [-0.1, -0.05) is 0 Å². The Morgan fingerprint density at radius 1 is 1.42 bits per heavy atom. The number of rotatable bonds is 5. The van der Waals surface area contributed by atoms with Crippen LogP contribution in [0.15, 0.2) is 0 Å². The molecule has 0 saturated heterocycles. The molecule has 2 atom stereocenters. The molecule has 0 fully saturated rings. The second kappa shape index (κ2) is 6.81. The average molecular weight is 234 g/mol. The minimum absolute atomic E-state index is 0.275. The lowest BCUT2D eigenvalue weighted by Gasteiger charge is -2.11. The molecule has 0 heterocycles. The van der Waals surface area contributed by atoms with E-state index in [1.54, 1.807) is 0 Å². The van der Waals surface area contributed by atoms with Crippen molar-refractivity contribution < 1.29 is 9.53 Å². The monoisotopic (exact) mass is 232 g/mol. The van der Waals surface area contributed by atoms with Gasteiger partial charge in [0.2, 0.25) is 0 Å². The van der Waals surface area contributed by atoms with Crippen molar-refractivity contribution in [3.05, 3.63) is 0 Å². The quantitative estimate of drug-likeness (QED) is 0.538. The van der Waals surface area contributed by atoms with Crippen molar-refractivity contribution in [3.8, 4) is 0 Å². The molecule has 0 spiro atoms. The maximum Gasteiger partial charge on any atom is 0.305 e. The van der Waals surface area contributed by atoms with E-state index < -0.39 is 0 Å². The molecule has 0 aliphatic heterocycles. The zero-order valence-corrected chi connectivity index (χ0v) is 8.99. The topological polar surface area (TPSA) is 26.3 Å². The number of halogens is 3. The summed E-state index contributed by atoms with van der Waals surface area (Å²) in [6.45, 7) is 0. The Balaban J connectivity index is 3.56. The van der Waals surface area contributed by atoms with Crippen LogP contribution in [-0.2, 0) is 9.53 Å². The van der Waals surface area contributed by atoms with Gasteiger partial charge in [-0.05, 0) is 6.42 Å². The number of hydrogen-bond acceptors (Lipinski definition) is 2. The van der Waals surface area contributed by atoms with E-state index in [1.807, 2.05) is 0 Å². The molecule has 2 unspecified atom stereocenters. The fourth-order valence-electron chi connectivity index (χ4n) is 0.635. The van der Waals surface area contributed by atoms with Crippen molar-refractivity contribution in [1.82, 2.24) is 0 Å². The summed E-state index contributed by atoms with van der Waals surface area (Å²) in [4.78, 5) is 10.7. The highest BCUT2D eigenvalue weighted by atomic mass is 35.5. The van der Waals surface area contributed by atoms with Gasteiger partial charge in [-0.3, -0.25) is 4.79 Å². The van der Waals surface area contributed by atoms with E-state index in [1.165, 1.54) is 7.11 Å². The van der Waals surface area contributed by atoms with Crippen molar-refractivity contribution in [1.29, 1.82) is 0 Å². The molecule has 0 amide bonds. The van der Waals surface area contributed by atoms with Gasteiger partial charge < -0.3 is 4.74 Å². The maximum atomic E-state index is 10.7. The van der Waals surface area contributed by atoms with Gasteiger partial charge in [0.1, 0.15) is 0 Å². The molecule has 0 saturated carbocycles. The molecular weight excluding hydrogens is 222 g/mol. The summed E-state index contributed by atoms with van der Waals surface area (Å²) in [5.74, 6) is 0.00996. The molecule has 0 rings (SSSR count). The van der Waals surface area contributed by atoms with Gasteiger partial charge in [0.05, 0.1) is 17.9 Å². The lowest BCUT2D eigenvalue weighted by atomic mass is 10.2. The maximum absolute atomic E-state index is 10.7. The van der Waals surface area contributed by atoms with Crippen molar-refractivity contribution >= 4 is 40.8 Å². The number of esters is 1. The SMILES string of the molecule is COC(=O)CCC(Cl)C(Cl)CCl. The summed E-state index contributed by atoms with van der Waals surface area (Å²) in [6, 6.07) is 0. The summed E-state index contributed by atoms with van der Waals surface area (Å²) in [5.41, 5.74) is 0. The number of hydrogen-bond donors (Lipinski definition) is 0. The third-order valence-electron chi connectivity index (χ3n) is 1.39. The van der Waals surface area contributed by atoms with Gasteiger partial charge in [-0.25, -0.2) is 0 Å². The number of carbonyl (C=O) groups is 1. The second-order valence-electron chi connectivity index (χ2n) is 2.30. The Morgan fingerprint density at radius 3 is 2.42 bits per heavy atom. The first-order chi connectivity index (χ1) is 5.61. The third-order valence-corrected chi connectivity index (χ3v) is 2.99. The molecule has 5 heteroatoms. The molecule has 0 bridgehead atoms. The fraction of sp³-hybridized carbons (Fsp3) is 0.857. The van der Waals surface area contributed by atoms with E-state index >= 15 is 0 Å². The highest BCUT2D eigenvalue weighted by Crippen LogP contribution is 2.16. The van der Waals surface area contributed by atoms with Gasteiger partial charge in [0, 0.05) is 12.3 Å². The number of carbonyl (C=O) groups excluding carboxylic acids is 1. The minimum Gasteiger partial charge on any atom is -0.469 e. The van der Waals surface area contributed by atoms with Gasteiger partial charge in [-0.15, -0.1) is 34.8 Å². The van der Waals surface area contributed by atoms with Crippen LogP contribution in [0.2, 0.25) is 0 Å². The first-order valence-electron chi connectivity index (χ1n) is 3.52. The highest BCUT2D eigenvalue weighted by molar-refractivity contribution is 6.33. The van der Waals surface area contributed by atoms with Gasteiger partial charge in [0.15, 0.2) is 0 Å². The van der Waals surface area contributed by atoms with Crippen molar-refractivity contribution in [2.75, 3.05) is 13.0 Å². The number of alkyl halides is 3. The van der Waals surface area contributed by atoms with Gasteiger partial charge >= 0.3 is 5.97 Å². The summed E-state index contributed by atoms with van der Waals surface area (Å²) in [5, 5.41) is -0.568. The number of methoxy groups -OCH3 is 1. The Labute approximate surface area is 87.1 Å². The van der Waals surface area contributed by atoms with Crippen molar-refractivity contribution in [2.24, 2.45) is 0 Å². The van der Waals surface area contributed by atoms with Crippen LogP contribution in [-0.4, -0.2) is 29.7 Å². The van der Waals surface area contributed by atoms with Gasteiger partial charge in [-0.2, -0.15) is 0 Å². The van der Waals surface area contributed by atoms with Crippen LogP contribution in [0, 0.1) is 0 Å². The molecule has 0 N–H and O–H groups in total. The molecule has 0 aromatic rings. The predicted octanol–water partition coefficient (Wildman–Crippen LogP) is 2.39. The highest BCUT2D eigenvalue weighted by Gasteiger charge is 2.16. The zero-order chi connectivity index (χ0) is 9.56. The molecule has 0 radical (unpaired) electrons. The van der Waals surface area contributed by atoms with E-state index in [0.717, 1.165) is 0 Å². The fourth-order valence-corrected chi connectivity index (χ4v) is 1.27. The van der Waals surface area contributed by atoms with Crippen LogP contribution in [0.4, 0.5) is 0 Å². The van der Waals surface area contributed by atoms with Crippen LogP contribution in [0.3, 0.4) is 0 Å². The Morgan fingerprint density at radius 2 is 2.00 bits per heavy atom. The first kappa shape index (κ1) is 12.3. The summed E-state index contributed by atoms with van der Waals surface area (Å²) < 4.78 is 4.44. The summed E-state index contributed by atoms with van der Waals surface area (Å²) in [7, 11) is 1.34. The Kier molecular flexibility index (Phi) is 7.01. The Hall–Kier alpha value is 0.340. The molecule has 12 heavy (non-hydrogen) atoms. The predicted molar refractivity (Wildman–Crippen MR) is 51.3 cm³/mol. The average Bonchev–Trinajstić information content (AvgIpc) is 2.11. The van der Waals surface area contributed by atoms with Crippen LogP contribution in [0.25, 0.3) is 0 Å². The van der Waals surface area contributed by atoms with Crippen LogP contribution in [0.5, 0.6) is 0 Å². The van der Waals surface area contributed by atoms with Crippen molar-refractivity contribution in [2.45, 2.75) is 23.6 Å². The van der Waals surface area contributed by atoms with E-state index in [2.05, 4.69) is 4.74 Å². The smallest absolute Gasteiger partial charge is 0.305 e. The third kappa shape index (κ3) is 5.07. The summed E-state index contributed by atoms with van der Waals surface area (Å²) in [6.07, 6.45) is 0.778. The molecule has 0 aromatic carbocycles. The molecular formula is C7H11Cl3O2. The van der Waals surface area contributed by atoms with Crippen LogP contribution in [0.1, 0.15) is 12.8 Å². The molecule has 0 aromatic heterocycles. The molecule has 72 valence electrons. The molecule has 2 nitrogen and oxygen atoms in total. The van der Waals surface area contributed by atoms with E-state index in [4.69, 9.17) is 34.8 Å². The van der Waals surface area contributed by atoms with E-state index in [-0.39, 0.29) is 29.0 Å². The lowest BCUT2D eigenvalue weighted by molar-refractivity contribution is -0.140. The molecule has 0 aliphatic rings. The van der Waals surface area contributed by atoms with Crippen LogP contribution < -0.4 is 0 Å². The largest absolute Gasteiger partial charge is 0.469 e. The van der Waals surface area contributed by atoms with E-state index in [9.17, 15) is 4.79 Å². The van der Waals surface area contributed by atoms with E-state index in [0.29, 0.717) is 6.42 Å². The zero-order valence-electron chi connectivity index (χ0n) is 6.73. The normalized spacial score (nSPS) is 15.3. The number of ether oxygens (including phenoxy) is 1.